The third kappa shape index (κ3) is 4.67. The van der Waals surface area contributed by atoms with Gasteiger partial charge in [-0.25, -0.2) is 4.98 Å². The molecule has 2 aromatic heterocycles. The van der Waals surface area contributed by atoms with E-state index in [0.29, 0.717) is 23.3 Å². The van der Waals surface area contributed by atoms with Crippen LogP contribution in [0.3, 0.4) is 0 Å². The Kier molecular flexibility index (Phi) is 5.45. The average molecular weight is 353 g/mol. The van der Waals surface area contributed by atoms with Crippen molar-refractivity contribution in [2.24, 2.45) is 0 Å². The van der Waals surface area contributed by atoms with Crippen LogP contribution in [0.15, 0.2) is 53.9 Å². The predicted molar refractivity (Wildman–Crippen MR) is 98.0 cm³/mol. The first-order valence-electron chi connectivity index (χ1n) is 7.87. The van der Waals surface area contributed by atoms with Gasteiger partial charge < -0.3 is 4.90 Å². The Morgan fingerprint density at radius 3 is 2.60 bits per heavy atom. The van der Waals surface area contributed by atoms with E-state index in [-0.39, 0.29) is 5.91 Å². The zero-order valence-electron chi connectivity index (χ0n) is 14.1. The zero-order chi connectivity index (χ0) is 17.6. The molecule has 0 fully saturated rings. The van der Waals surface area contributed by atoms with Crippen LogP contribution in [0, 0.1) is 6.92 Å². The molecule has 0 atom stereocenters. The van der Waals surface area contributed by atoms with Gasteiger partial charge in [-0.15, -0.1) is 5.10 Å². The standard InChI is InChI=1S/C18H19N5OS/c1-13-3-5-14(6-4-13)11-23(2)16(24)12-25-18-20-17(21-22-18)15-7-9-19-10-8-15/h3-10H,11-12H2,1-2H3,(H,20,21,22). The maximum Gasteiger partial charge on any atom is 0.233 e. The van der Waals surface area contributed by atoms with Crippen LogP contribution in [0.5, 0.6) is 0 Å². The number of carbonyl (C=O) groups is 1. The number of aromatic nitrogens is 4. The normalized spacial score (nSPS) is 10.6. The smallest absolute Gasteiger partial charge is 0.233 e. The van der Waals surface area contributed by atoms with Gasteiger partial charge >= 0.3 is 0 Å². The fourth-order valence-corrected chi connectivity index (χ4v) is 2.98. The molecule has 0 radical (unpaired) electrons. The maximum atomic E-state index is 12.3. The van der Waals surface area contributed by atoms with Crippen molar-refractivity contribution >= 4 is 17.7 Å². The molecule has 0 saturated heterocycles. The van der Waals surface area contributed by atoms with Gasteiger partial charge in [0.2, 0.25) is 11.1 Å². The SMILES string of the molecule is Cc1ccc(CN(C)C(=O)CSc2n[nH]c(-c3ccncc3)n2)cc1. The number of nitrogens with zero attached hydrogens (tertiary/aromatic N) is 4. The third-order valence-electron chi connectivity index (χ3n) is 3.71. The van der Waals surface area contributed by atoms with E-state index in [1.165, 1.54) is 17.3 Å². The lowest BCUT2D eigenvalue weighted by molar-refractivity contribution is -0.127. The van der Waals surface area contributed by atoms with Crippen molar-refractivity contribution in [3.8, 4) is 11.4 Å². The Balaban J connectivity index is 1.53. The molecule has 1 aromatic carbocycles. The molecule has 0 unspecified atom stereocenters. The number of H-pyrrole nitrogens is 1. The second-order valence-corrected chi connectivity index (χ2v) is 6.67. The van der Waals surface area contributed by atoms with E-state index in [1.54, 1.807) is 17.3 Å². The number of benzene rings is 1. The zero-order valence-corrected chi connectivity index (χ0v) is 15.0. The number of carbonyl (C=O) groups excluding carboxylic acids is 1. The number of pyridine rings is 1. The Labute approximate surface area is 150 Å². The largest absolute Gasteiger partial charge is 0.341 e. The van der Waals surface area contributed by atoms with Crippen molar-refractivity contribution < 1.29 is 4.79 Å². The summed E-state index contributed by atoms with van der Waals surface area (Å²) in [6.07, 6.45) is 3.41. The van der Waals surface area contributed by atoms with E-state index in [9.17, 15) is 4.79 Å². The summed E-state index contributed by atoms with van der Waals surface area (Å²) in [5, 5.41) is 7.60. The summed E-state index contributed by atoms with van der Waals surface area (Å²) in [5.74, 6) is 1.02. The van der Waals surface area contributed by atoms with Crippen LogP contribution < -0.4 is 0 Å². The minimum absolute atomic E-state index is 0.0424. The lowest BCUT2D eigenvalue weighted by Gasteiger charge is -2.16. The van der Waals surface area contributed by atoms with Gasteiger partial charge in [0, 0.05) is 31.5 Å². The summed E-state index contributed by atoms with van der Waals surface area (Å²) >= 11 is 1.33. The maximum absolute atomic E-state index is 12.3. The van der Waals surface area contributed by atoms with Gasteiger partial charge in [0.1, 0.15) is 0 Å². The molecule has 0 bridgehead atoms. The van der Waals surface area contributed by atoms with Gasteiger partial charge in [0.25, 0.3) is 0 Å². The number of aryl methyl sites for hydroxylation is 1. The van der Waals surface area contributed by atoms with E-state index in [2.05, 4.69) is 32.3 Å². The third-order valence-corrected chi connectivity index (χ3v) is 4.54. The Hall–Kier alpha value is -2.67. The number of aromatic amines is 1. The average Bonchev–Trinajstić information content (AvgIpc) is 3.11. The van der Waals surface area contributed by atoms with Crippen LogP contribution in [0.25, 0.3) is 11.4 Å². The Bertz CT molecular complexity index is 832. The number of hydrogen-bond acceptors (Lipinski definition) is 5. The molecule has 0 saturated carbocycles. The molecule has 1 amide bonds. The van der Waals surface area contributed by atoms with Crippen molar-refractivity contribution in [3.63, 3.8) is 0 Å². The minimum atomic E-state index is 0.0424. The molecule has 128 valence electrons. The molecule has 0 aliphatic heterocycles. The molecular formula is C18H19N5OS. The van der Waals surface area contributed by atoms with Crippen LogP contribution >= 0.6 is 11.8 Å². The van der Waals surface area contributed by atoms with Crippen molar-refractivity contribution in [2.75, 3.05) is 12.8 Å². The molecule has 6 nitrogen and oxygen atoms in total. The monoisotopic (exact) mass is 353 g/mol. The van der Waals surface area contributed by atoms with Crippen molar-refractivity contribution in [2.45, 2.75) is 18.6 Å². The van der Waals surface area contributed by atoms with Crippen LogP contribution in [-0.4, -0.2) is 43.8 Å². The summed E-state index contributed by atoms with van der Waals surface area (Å²) in [5.41, 5.74) is 3.24. The molecule has 2 heterocycles. The van der Waals surface area contributed by atoms with Gasteiger partial charge in [-0.1, -0.05) is 41.6 Å². The molecule has 3 rings (SSSR count). The number of thioether (sulfide) groups is 1. The highest BCUT2D eigenvalue weighted by atomic mass is 32.2. The van der Waals surface area contributed by atoms with E-state index in [4.69, 9.17) is 0 Å². The molecule has 0 spiro atoms. The Morgan fingerprint density at radius 2 is 1.88 bits per heavy atom. The second-order valence-electron chi connectivity index (χ2n) is 5.73. The Morgan fingerprint density at radius 1 is 1.16 bits per heavy atom. The molecule has 25 heavy (non-hydrogen) atoms. The lowest BCUT2D eigenvalue weighted by atomic mass is 10.1. The number of nitrogens with one attached hydrogen (secondary N) is 1. The quantitative estimate of drug-likeness (QED) is 0.690. The van der Waals surface area contributed by atoms with E-state index >= 15 is 0 Å². The van der Waals surface area contributed by atoms with Crippen LogP contribution in [0.2, 0.25) is 0 Å². The van der Waals surface area contributed by atoms with Gasteiger partial charge in [0.15, 0.2) is 5.82 Å². The van der Waals surface area contributed by atoms with Gasteiger partial charge in [-0.3, -0.25) is 14.9 Å². The molecule has 3 aromatic rings. The van der Waals surface area contributed by atoms with Crippen LogP contribution in [-0.2, 0) is 11.3 Å². The number of amides is 1. The lowest BCUT2D eigenvalue weighted by Crippen LogP contribution is -2.27. The fraction of sp³-hybridized carbons (Fsp3) is 0.222. The molecule has 0 aliphatic rings. The van der Waals surface area contributed by atoms with Gasteiger partial charge in [-0.05, 0) is 24.6 Å². The van der Waals surface area contributed by atoms with Crippen LogP contribution in [0.4, 0.5) is 0 Å². The van der Waals surface area contributed by atoms with E-state index in [0.717, 1.165) is 11.1 Å². The highest BCUT2D eigenvalue weighted by Gasteiger charge is 2.12. The number of rotatable bonds is 6. The van der Waals surface area contributed by atoms with Crippen molar-refractivity contribution in [1.82, 2.24) is 25.1 Å². The van der Waals surface area contributed by atoms with Crippen LogP contribution in [0.1, 0.15) is 11.1 Å². The highest BCUT2D eigenvalue weighted by Crippen LogP contribution is 2.19. The first-order valence-corrected chi connectivity index (χ1v) is 8.85. The summed E-state index contributed by atoms with van der Waals surface area (Å²) in [7, 11) is 1.81. The fourth-order valence-electron chi connectivity index (χ4n) is 2.24. The van der Waals surface area contributed by atoms with Crippen molar-refractivity contribution in [1.29, 1.82) is 0 Å². The predicted octanol–water partition coefficient (Wildman–Crippen LogP) is 2.93. The molecule has 0 aliphatic carbocycles. The molecule has 1 N–H and O–H groups in total. The summed E-state index contributed by atoms with van der Waals surface area (Å²) in [6.45, 7) is 2.64. The summed E-state index contributed by atoms with van der Waals surface area (Å²) in [6, 6.07) is 11.9. The molecule has 7 heteroatoms. The summed E-state index contributed by atoms with van der Waals surface area (Å²) in [4.78, 5) is 22.4. The highest BCUT2D eigenvalue weighted by molar-refractivity contribution is 7.99. The van der Waals surface area contributed by atoms with E-state index in [1.807, 2.05) is 38.2 Å². The minimum Gasteiger partial charge on any atom is -0.341 e. The van der Waals surface area contributed by atoms with Gasteiger partial charge in [-0.2, -0.15) is 0 Å². The first-order chi connectivity index (χ1) is 12.1. The van der Waals surface area contributed by atoms with Gasteiger partial charge in [0.05, 0.1) is 5.75 Å². The van der Waals surface area contributed by atoms with E-state index < -0.39 is 0 Å². The topological polar surface area (TPSA) is 74.8 Å². The summed E-state index contributed by atoms with van der Waals surface area (Å²) < 4.78 is 0. The van der Waals surface area contributed by atoms with Crippen molar-refractivity contribution in [3.05, 3.63) is 59.9 Å². The number of hydrogen-bond donors (Lipinski definition) is 1. The second kappa shape index (κ2) is 7.94. The molecular weight excluding hydrogens is 334 g/mol. The first kappa shape index (κ1) is 17.2.